The van der Waals surface area contributed by atoms with Crippen molar-refractivity contribution in [2.24, 2.45) is 0 Å². The molecule has 0 N–H and O–H groups in total. The molecular weight excluding hydrogens is 623 g/mol. The van der Waals surface area contributed by atoms with E-state index in [2.05, 4.69) is 152 Å². The molecule has 2 aromatic heterocycles. The molecule has 0 spiro atoms. The van der Waals surface area contributed by atoms with E-state index in [1.165, 1.54) is 5.39 Å². The topological polar surface area (TPSA) is 51.8 Å². The van der Waals surface area contributed by atoms with Gasteiger partial charge in [-0.2, -0.15) is 0 Å². The Morgan fingerprint density at radius 2 is 1.12 bits per heavy atom. The van der Waals surface area contributed by atoms with Gasteiger partial charge in [0.25, 0.3) is 0 Å². The van der Waals surface area contributed by atoms with Crippen LogP contribution in [-0.4, -0.2) is 15.0 Å². The second-order valence-corrected chi connectivity index (χ2v) is 13.0. The maximum Gasteiger partial charge on any atom is 0.164 e. The molecule has 0 radical (unpaired) electrons. The van der Waals surface area contributed by atoms with Gasteiger partial charge in [-0.3, -0.25) is 0 Å². The van der Waals surface area contributed by atoms with Gasteiger partial charge in [0.15, 0.2) is 17.5 Å². The Morgan fingerprint density at radius 3 is 1.96 bits per heavy atom. The number of para-hydroxylation sites is 1. The Labute approximate surface area is 295 Å². The number of hydrogen-bond donors (Lipinski definition) is 0. The molecule has 0 fully saturated rings. The summed E-state index contributed by atoms with van der Waals surface area (Å²) in [5.74, 6) is 2.01. The van der Waals surface area contributed by atoms with Gasteiger partial charge in [-0.15, -0.1) is 0 Å². The smallest absolute Gasteiger partial charge is 0.164 e. The summed E-state index contributed by atoms with van der Waals surface area (Å²) in [6.07, 6.45) is 8.55. The molecule has 0 saturated carbocycles. The van der Waals surface area contributed by atoms with Crippen molar-refractivity contribution in [3.63, 3.8) is 0 Å². The van der Waals surface area contributed by atoms with Gasteiger partial charge in [0.1, 0.15) is 11.2 Å². The first-order valence-corrected chi connectivity index (χ1v) is 17.4. The fourth-order valence-electron chi connectivity index (χ4n) is 7.49. The summed E-state index contributed by atoms with van der Waals surface area (Å²) in [4.78, 5) is 15.3. The summed E-state index contributed by atoms with van der Waals surface area (Å²) in [6.45, 7) is 0. The SMILES string of the molecule is C1=CC(c2nc(-c3ccc4ccccc4c3)nc(-c3ccc(-c4ccc(-c5ccccc5)c5oc6ccccc6c45)c4ccccc34)n2)=CCC1. The number of aromatic nitrogens is 3. The summed E-state index contributed by atoms with van der Waals surface area (Å²) in [6, 6.07) is 51.0. The molecule has 2 heterocycles. The number of furan rings is 1. The van der Waals surface area contributed by atoms with Crippen LogP contribution in [0.3, 0.4) is 0 Å². The fraction of sp³-hybridized carbons (Fsp3) is 0.0426. The highest BCUT2D eigenvalue weighted by molar-refractivity contribution is 6.19. The molecule has 0 saturated heterocycles. The van der Waals surface area contributed by atoms with Crippen molar-refractivity contribution in [1.29, 1.82) is 0 Å². The maximum absolute atomic E-state index is 6.62. The zero-order valence-corrected chi connectivity index (χ0v) is 27.8. The lowest BCUT2D eigenvalue weighted by molar-refractivity contribution is 0.670. The van der Waals surface area contributed by atoms with Crippen molar-refractivity contribution in [2.45, 2.75) is 12.8 Å². The van der Waals surface area contributed by atoms with Crippen LogP contribution in [-0.2, 0) is 0 Å². The average Bonchev–Trinajstić information content (AvgIpc) is 3.60. The molecule has 0 amide bonds. The van der Waals surface area contributed by atoms with Gasteiger partial charge in [-0.25, -0.2) is 15.0 Å². The van der Waals surface area contributed by atoms with Gasteiger partial charge in [-0.1, -0.05) is 140 Å². The van der Waals surface area contributed by atoms with Crippen LogP contribution in [0.15, 0.2) is 168 Å². The molecule has 0 unspecified atom stereocenters. The molecule has 7 aromatic carbocycles. The van der Waals surface area contributed by atoms with Gasteiger partial charge in [0, 0.05) is 33.0 Å². The molecule has 4 heteroatoms. The third-order valence-electron chi connectivity index (χ3n) is 9.96. The largest absolute Gasteiger partial charge is 0.455 e. The zero-order chi connectivity index (χ0) is 33.7. The molecule has 10 rings (SSSR count). The molecule has 9 aromatic rings. The van der Waals surface area contributed by atoms with E-state index in [0.29, 0.717) is 17.5 Å². The normalized spacial score (nSPS) is 13.0. The zero-order valence-electron chi connectivity index (χ0n) is 27.8. The van der Waals surface area contributed by atoms with Crippen LogP contribution in [0.2, 0.25) is 0 Å². The van der Waals surface area contributed by atoms with Crippen LogP contribution in [0.1, 0.15) is 18.7 Å². The van der Waals surface area contributed by atoms with Crippen molar-refractivity contribution in [3.05, 3.63) is 170 Å². The average molecular weight is 654 g/mol. The predicted octanol–water partition coefficient (Wildman–Crippen LogP) is 12.5. The minimum atomic E-state index is 0.657. The van der Waals surface area contributed by atoms with Crippen LogP contribution in [0.25, 0.3) is 94.1 Å². The standard InChI is InChI=1S/C47H31N3O/c1-3-14-31(15-4-1)35-25-27-39(43-41-21-11-12-22-42(41)51-44(35)43)38-26-28-40(37-20-10-9-19-36(37)38)47-49-45(32-16-5-2-6-17-32)48-46(50-47)34-24-23-30-13-7-8-18-33(30)29-34/h1,3-5,7-29H,2,6H2. The molecule has 240 valence electrons. The minimum absolute atomic E-state index is 0.657. The molecule has 0 aliphatic heterocycles. The van der Waals surface area contributed by atoms with E-state index in [9.17, 15) is 0 Å². The van der Waals surface area contributed by atoms with E-state index < -0.39 is 0 Å². The first-order valence-electron chi connectivity index (χ1n) is 17.4. The molecule has 1 aliphatic carbocycles. The van der Waals surface area contributed by atoms with Crippen molar-refractivity contribution in [2.75, 3.05) is 0 Å². The van der Waals surface area contributed by atoms with Crippen molar-refractivity contribution in [3.8, 4) is 45.0 Å². The second kappa shape index (κ2) is 12.0. The first-order chi connectivity index (χ1) is 25.3. The summed E-state index contributed by atoms with van der Waals surface area (Å²) < 4.78 is 6.62. The highest BCUT2D eigenvalue weighted by Gasteiger charge is 2.21. The van der Waals surface area contributed by atoms with E-state index in [4.69, 9.17) is 19.4 Å². The number of rotatable bonds is 5. The third kappa shape index (κ3) is 5.03. The van der Waals surface area contributed by atoms with Crippen molar-refractivity contribution >= 4 is 49.1 Å². The Bertz CT molecular complexity index is 2860. The minimum Gasteiger partial charge on any atom is -0.455 e. The molecule has 51 heavy (non-hydrogen) atoms. The van der Waals surface area contributed by atoms with Crippen LogP contribution in [0, 0.1) is 0 Å². The Balaban J connectivity index is 1.19. The number of fused-ring (bicyclic) bond motifs is 5. The van der Waals surface area contributed by atoms with Gasteiger partial charge < -0.3 is 4.42 Å². The third-order valence-corrected chi connectivity index (χ3v) is 9.96. The van der Waals surface area contributed by atoms with E-state index in [0.717, 1.165) is 89.9 Å². The molecule has 1 aliphatic rings. The number of benzene rings is 7. The van der Waals surface area contributed by atoms with E-state index >= 15 is 0 Å². The lowest BCUT2D eigenvalue weighted by Crippen LogP contribution is -2.03. The van der Waals surface area contributed by atoms with Crippen LogP contribution in [0.5, 0.6) is 0 Å². The Kier molecular flexibility index (Phi) is 6.91. The number of allylic oxidation sites excluding steroid dienone is 4. The predicted molar refractivity (Wildman–Crippen MR) is 210 cm³/mol. The molecule has 4 nitrogen and oxygen atoms in total. The van der Waals surface area contributed by atoms with Gasteiger partial charge >= 0.3 is 0 Å². The van der Waals surface area contributed by atoms with Crippen LogP contribution >= 0.6 is 0 Å². The maximum atomic E-state index is 6.62. The van der Waals surface area contributed by atoms with Gasteiger partial charge in [-0.05, 0) is 75.3 Å². The highest BCUT2D eigenvalue weighted by atomic mass is 16.3. The van der Waals surface area contributed by atoms with Crippen molar-refractivity contribution in [1.82, 2.24) is 15.0 Å². The second-order valence-electron chi connectivity index (χ2n) is 13.0. The first kappa shape index (κ1) is 29.3. The summed E-state index contributed by atoms with van der Waals surface area (Å²) in [5.41, 5.74) is 9.20. The van der Waals surface area contributed by atoms with Gasteiger partial charge in [0.05, 0.1) is 0 Å². The van der Waals surface area contributed by atoms with E-state index in [1.807, 2.05) is 12.1 Å². The van der Waals surface area contributed by atoms with E-state index in [-0.39, 0.29) is 0 Å². The van der Waals surface area contributed by atoms with Crippen LogP contribution < -0.4 is 0 Å². The van der Waals surface area contributed by atoms with Gasteiger partial charge in [0.2, 0.25) is 0 Å². The Morgan fingerprint density at radius 1 is 0.451 bits per heavy atom. The Hall–Kier alpha value is -6.65. The summed E-state index contributed by atoms with van der Waals surface area (Å²) in [5, 5.41) is 6.76. The lowest BCUT2D eigenvalue weighted by atomic mass is 9.90. The molecule has 0 atom stereocenters. The lowest BCUT2D eigenvalue weighted by Gasteiger charge is -2.15. The van der Waals surface area contributed by atoms with Crippen LogP contribution in [0.4, 0.5) is 0 Å². The fourth-order valence-corrected chi connectivity index (χ4v) is 7.49. The molecular formula is C47H31N3O. The van der Waals surface area contributed by atoms with Crippen molar-refractivity contribution < 1.29 is 4.42 Å². The summed E-state index contributed by atoms with van der Waals surface area (Å²) in [7, 11) is 0. The number of nitrogens with zero attached hydrogens (tertiary/aromatic N) is 3. The van der Waals surface area contributed by atoms with E-state index in [1.54, 1.807) is 0 Å². The quantitative estimate of drug-likeness (QED) is 0.185. The summed E-state index contributed by atoms with van der Waals surface area (Å²) >= 11 is 0. The number of hydrogen-bond acceptors (Lipinski definition) is 4. The highest BCUT2D eigenvalue weighted by Crippen LogP contribution is 2.44. The molecule has 0 bridgehead atoms. The monoisotopic (exact) mass is 653 g/mol.